The molecular formula is C16H19N3O3S. The van der Waals surface area contributed by atoms with Gasteiger partial charge in [-0.1, -0.05) is 18.2 Å². The molecule has 2 aromatic rings. The lowest BCUT2D eigenvalue weighted by Gasteiger charge is -2.16. The van der Waals surface area contributed by atoms with Crippen LogP contribution in [0.2, 0.25) is 0 Å². The van der Waals surface area contributed by atoms with Crippen molar-refractivity contribution in [1.82, 2.24) is 10.3 Å². The van der Waals surface area contributed by atoms with Crippen LogP contribution in [0.5, 0.6) is 0 Å². The maximum atomic E-state index is 11.9. The summed E-state index contributed by atoms with van der Waals surface area (Å²) in [5, 5.41) is 2.82. The summed E-state index contributed by atoms with van der Waals surface area (Å²) in [6, 6.07) is 10.6. The number of hydrogen-bond acceptors (Lipinski definition) is 4. The number of nitrogens with one attached hydrogen (secondary N) is 1. The molecule has 0 aliphatic rings. The molecule has 0 aliphatic carbocycles. The van der Waals surface area contributed by atoms with E-state index in [-0.39, 0.29) is 12.3 Å². The molecule has 0 radical (unpaired) electrons. The summed E-state index contributed by atoms with van der Waals surface area (Å²) < 4.78 is 24.1. The van der Waals surface area contributed by atoms with E-state index in [2.05, 4.69) is 10.3 Å². The molecule has 0 atom stereocenters. The highest BCUT2D eigenvalue weighted by atomic mass is 32.2. The SMILES string of the molecule is CN(c1ccc(CC(=O)NCc2cccnc2)cc1)S(C)(=O)=O. The standard InChI is InChI=1S/C16H19N3O3S/c1-19(23(2,21)22)15-7-5-13(6-8-15)10-16(20)18-12-14-4-3-9-17-11-14/h3-9,11H,10,12H2,1-2H3,(H,18,20). The first-order valence-electron chi connectivity index (χ1n) is 7.05. The van der Waals surface area contributed by atoms with Gasteiger partial charge in [0.25, 0.3) is 0 Å². The van der Waals surface area contributed by atoms with Crippen LogP contribution in [0, 0.1) is 0 Å². The number of anilines is 1. The molecule has 0 spiro atoms. The molecule has 2 rings (SSSR count). The number of amides is 1. The normalized spacial score (nSPS) is 11.0. The third-order valence-corrected chi connectivity index (χ3v) is 4.58. The number of pyridine rings is 1. The maximum Gasteiger partial charge on any atom is 0.231 e. The summed E-state index contributed by atoms with van der Waals surface area (Å²) in [5.74, 6) is -0.0990. The Bertz CT molecular complexity index is 759. The number of aromatic nitrogens is 1. The maximum absolute atomic E-state index is 11.9. The number of carbonyl (C=O) groups is 1. The fourth-order valence-electron chi connectivity index (χ4n) is 1.97. The van der Waals surface area contributed by atoms with Gasteiger partial charge < -0.3 is 5.32 Å². The zero-order valence-corrected chi connectivity index (χ0v) is 13.9. The van der Waals surface area contributed by atoms with E-state index in [1.807, 2.05) is 12.1 Å². The van der Waals surface area contributed by atoms with Crippen LogP contribution in [0.4, 0.5) is 5.69 Å². The second kappa shape index (κ2) is 7.23. The Labute approximate surface area is 136 Å². The van der Waals surface area contributed by atoms with Gasteiger partial charge in [0.2, 0.25) is 15.9 Å². The van der Waals surface area contributed by atoms with E-state index in [0.717, 1.165) is 17.4 Å². The van der Waals surface area contributed by atoms with Crippen LogP contribution < -0.4 is 9.62 Å². The van der Waals surface area contributed by atoms with Crippen molar-refractivity contribution in [2.75, 3.05) is 17.6 Å². The Morgan fingerprint density at radius 2 is 1.87 bits per heavy atom. The Kier molecular flexibility index (Phi) is 5.33. The van der Waals surface area contributed by atoms with E-state index < -0.39 is 10.0 Å². The Hall–Kier alpha value is -2.41. The average Bonchev–Trinajstić information content (AvgIpc) is 2.53. The van der Waals surface area contributed by atoms with E-state index >= 15 is 0 Å². The summed E-state index contributed by atoms with van der Waals surface area (Å²) in [6.45, 7) is 0.432. The number of hydrogen-bond donors (Lipinski definition) is 1. The zero-order valence-electron chi connectivity index (χ0n) is 13.1. The van der Waals surface area contributed by atoms with Gasteiger partial charge in [-0.25, -0.2) is 8.42 Å². The molecule has 122 valence electrons. The first-order chi connectivity index (χ1) is 10.9. The molecule has 0 unspecified atom stereocenters. The number of carbonyl (C=O) groups excluding carboxylic acids is 1. The van der Waals surface area contributed by atoms with Crippen molar-refractivity contribution in [1.29, 1.82) is 0 Å². The lowest BCUT2D eigenvalue weighted by atomic mass is 10.1. The molecule has 0 saturated carbocycles. The minimum atomic E-state index is -3.28. The van der Waals surface area contributed by atoms with Crippen molar-refractivity contribution in [3.63, 3.8) is 0 Å². The van der Waals surface area contributed by atoms with Gasteiger partial charge in [-0.15, -0.1) is 0 Å². The summed E-state index contributed by atoms with van der Waals surface area (Å²) in [7, 11) is -1.79. The minimum Gasteiger partial charge on any atom is -0.352 e. The fraction of sp³-hybridized carbons (Fsp3) is 0.250. The molecule has 1 aromatic heterocycles. The topological polar surface area (TPSA) is 79.4 Å². The van der Waals surface area contributed by atoms with Crippen LogP contribution in [0.3, 0.4) is 0 Å². The quantitative estimate of drug-likeness (QED) is 0.865. The van der Waals surface area contributed by atoms with Gasteiger partial charge in [-0.05, 0) is 29.3 Å². The molecule has 0 bridgehead atoms. The summed E-state index contributed by atoms with van der Waals surface area (Å²) >= 11 is 0. The highest BCUT2D eigenvalue weighted by Gasteiger charge is 2.12. The Balaban J connectivity index is 1.92. The molecule has 1 aromatic carbocycles. The molecule has 0 aliphatic heterocycles. The van der Waals surface area contributed by atoms with Gasteiger partial charge in [0.15, 0.2) is 0 Å². The highest BCUT2D eigenvalue weighted by molar-refractivity contribution is 7.92. The number of benzene rings is 1. The first-order valence-corrected chi connectivity index (χ1v) is 8.89. The predicted octanol–water partition coefficient (Wildman–Crippen LogP) is 1.34. The van der Waals surface area contributed by atoms with E-state index in [1.54, 1.807) is 36.7 Å². The molecule has 6 nitrogen and oxygen atoms in total. The lowest BCUT2D eigenvalue weighted by molar-refractivity contribution is -0.120. The fourth-order valence-corrected chi connectivity index (χ4v) is 2.47. The van der Waals surface area contributed by atoms with Crippen LogP contribution in [-0.4, -0.2) is 32.6 Å². The molecular weight excluding hydrogens is 314 g/mol. The molecule has 7 heteroatoms. The zero-order chi connectivity index (χ0) is 16.9. The smallest absolute Gasteiger partial charge is 0.231 e. The van der Waals surface area contributed by atoms with Crippen LogP contribution in [0.25, 0.3) is 0 Å². The van der Waals surface area contributed by atoms with Crippen molar-refractivity contribution >= 4 is 21.6 Å². The number of rotatable bonds is 6. The van der Waals surface area contributed by atoms with E-state index in [0.29, 0.717) is 12.2 Å². The number of nitrogens with zero attached hydrogens (tertiary/aromatic N) is 2. The molecule has 23 heavy (non-hydrogen) atoms. The van der Waals surface area contributed by atoms with Gasteiger partial charge in [-0.2, -0.15) is 0 Å². The summed E-state index contributed by atoms with van der Waals surface area (Å²) in [6.07, 6.45) is 4.77. The second-order valence-electron chi connectivity index (χ2n) is 5.21. The number of sulfonamides is 1. The van der Waals surface area contributed by atoms with Gasteiger partial charge >= 0.3 is 0 Å². The van der Waals surface area contributed by atoms with Crippen molar-refractivity contribution in [2.45, 2.75) is 13.0 Å². The Morgan fingerprint density at radius 3 is 2.43 bits per heavy atom. The van der Waals surface area contributed by atoms with Crippen LogP contribution in [-0.2, 0) is 27.8 Å². The Morgan fingerprint density at radius 1 is 1.17 bits per heavy atom. The van der Waals surface area contributed by atoms with Gasteiger partial charge in [0.05, 0.1) is 18.4 Å². The minimum absolute atomic E-state index is 0.0990. The molecule has 1 heterocycles. The van der Waals surface area contributed by atoms with Crippen molar-refractivity contribution in [3.05, 3.63) is 59.9 Å². The monoisotopic (exact) mass is 333 g/mol. The second-order valence-corrected chi connectivity index (χ2v) is 7.23. The third-order valence-electron chi connectivity index (χ3n) is 3.37. The summed E-state index contributed by atoms with van der Waals surface area (Å²) in [5.41, 5.74) is 2.32. The molecule has 0 fully saturated rings. The van der Waals surface area contributed by atoms with Crippen molar-refractivity contribution in [2.24, 2.45) is 0 Å². The van der Waals surface area contributed by atoms with Crippen LogP contribution in [0.1, 0.15) is 11.1 Å². The molecule has 0 saturated heterocycles. The van der Waals surface area contributed by atoms with Gasteiger partial charge in [0, 0.05) is 26.0 Å². The van der Waals surface area contributed by atoms with Crippen molar-refractivity contribution < 1.29 is 13.2 Å². The van der Waals surface area contributed by atoms with E-state index in [1.165, 1.54) is 11.4 Å². The van der Waals surface area contributed by atoms with E-state index in [4.69, 9.17) is 0 Å². The van der Waals surface area contributed by atoms with Crippen LogP contribution >= 0.6 is 0 Å². The largest absolute Gasteiger partial charge is 0.352 e. The molecule has 1 amide bonds. The van der Waals surface area contributed by atoms with Crippen molar-refractivity contribution in [3.8, 4) is 0 Å². The average molecular weight is 333 g/mol. The lowest BCUT2D eigenvalue weighted by Crippen LogP contribution is -2.25. The predicted molar refractivity (Wildman–Crippen MR) is 89.5 cm³/mol. The first kappa shape index (κ1) is 17.0. The van der Waals surface area contributed by atoms with E-state index in [9.17, 15) is 13.2 Å². The highest BCUT2D eigenvalue weighted by Crippen LogP contribution is 2.16. The summed E-state index contributed by atoms with van der Waals surface area (Å²) in [4.78, 5) is 15.9. The third kappa shape index (κ3) is 5.07. The van der Waals surface area contributed by atoms with Crippen LogP contribution in [0.15, 0.2) is 48.8 Å². The van der Waals surface area contributed by atoms with Gasteiger partial charge in [-0.3, -0.25) is 14.1 Å². The van der Waals surface area contributed by atoms with Gasteiger partial charge in [0.1, 0.15) is 0 Å². The molecule has 1 N–H and O–H groups in total.